The van der Waals surface area contributed by atoms with E-state index in [4.69, 9.17) is 4.74 Å². The molecule has 0 N–H and O–H groups in total. The maximum atomic E-state index is 13.1. The van der Waals surface area contributed by atoms with E-state index < -0.39 is 17.6 Å². The topological polar surface area (TPSA) is 18.5 Å². The molecule has 0 aromatic heterocycles. The van der Waals surface area contributed by atoms with E-state index in [0.29, 0.717) is 6.07 Å². The number of hydrogen-bond donors (Lipinski definition) is 0. The molecule has 0 aliphatic heterocycles. The van der Waals surface area contributed by atoms with E-state index in [1.807, 2.05) is 0 Å². The summed E-state index contributed by atoms with van der Waals surface area (Å²) >= 11 is 0. The molecule has 1 aromatic carbocycles. The summed E-state index contributed by atoms with van der Waals surface area (Å²) in [5, 5.41) is 0. The smallest absolute Gasteiger partial charge is 0.359 e. The SMILES string of the molecule is COCOCc1cc(C(F)(F)F)ccc1F. The summed E-state index contributed by atoms with van der Waals surface area (Å²) in [7, 11) is 1.36. The summed E-state index contributed by atoms with van der Waals surface area (Å²) < 4.78 is 59.3. The van der Waals surface area contributed by atoms with Crippen LogP contribution in [0.5, 0.6) is 0 Å². The predicted octanol–water partition coefficient (Wildman–Crippen LogP) is 2.97. The van der Waals surface area contributed by atoms with Crippen LogP contribution in [0.2, 0.25) is 0 Å². The van der Waals surface area contributed by atoms with Crippen LogP contribution >= 0.6 is 0 Å². The van der Waals surface area contributed by atoms with Gasteiger partial charge in [-0.3, -0.25) is 0 Å². The van der Waals surface area contributed by atoms with Gasteiger partial charge in [-0.05, 0) is 18.2 Å². The van der Waals surface area contributed by atoms with E-state index >= 15 is 0 Å². The number of rotatable bonds is 4. The molecule has 1 aromatic rings. The molecule has 1 rings (SSSR count). The largest absolute Gasteiger partial charge is 0.416 e. The molecule has 16 heavy (non-hydrogen) atoms. The number of benzene rings is 1. The van der Waals surface area contributed by atoms with E-state index in [1.165, 1.54) is 7.11 Å². The second kappa shape index (κ2) is 5.27. The highest BCUT2D eigenvalue weighted by Gasteiger charge is 2.30. The first-order chi connectivity index (χ1) is 7.45. The van der Waals surface area contributed by atoms with Crippen molar-refractivity contribution >= 4 is 0 Å². The first kappa shape index (κ1) is 12.9. The number of halogens is 4. The van der Waals surface area contributed by atoms with Gasteiger partial charge < -0.3 is 9.47 Å². The lowest BCUT2D eigenvalue weighted by Gasteiger charge is -2.09. The standard InChI is InChI=1S/C10H10F4O2/c1-15-6-16-5-7-4-8(10(12,13)14)2-3-9(7)11/h2-4H,5-6H2,1H3. The fourth-order valence-electron chi connectivity index (χ4n) is 1.10. The lowest BCUT2D eigenvalue weighted by atomic mass is 10.1. The lowest BCUT2D eigenvalue weighted by Crippen LogP contribution is -2.07. The zero-order valence-electron chi connectivity index (χ0n) is 8.47. The maximum absolute atomic E-state index is 13.1. The molecule has 2 nitrogen and oxygen atoms in total. The van der Waals surface area contributed by atoms with E-state index in [-0.39, 0.29) is 19.0 Å². The average molecular weight is 238 g/mol. The molecule has 0 bridgehead atoms. The third-order valence-electron chi connectivity index (χ3n) is 1.83. The minimum atomic E-state index is -4.48. The van der Waals surface area contributed by atoms with Gasteiger partial charge in [0.25, 0.3) is 0 Å². The van der Waals surface area contributed by atoms with Gasteiger partial charge in [0.15, 0.2) is 0 Å². The van der Waals surface area contributed by atoms with Crippen LogP contribution in [0.15, 0.2) is 18.2 Å². The van der Waals surface area contributed by atoms with Crippen molar-refractivity contribution < 1.29 is 27.0 Å². The molecule has 0 saturated carbocycles. The Morgan fingerprint density at radius 3 is 2.50 bits per heavy atom. The number of alkyl halides is 3. The van der Waals surface area contributed by atoms with E-state index in [2.05, 4.69) is 4.74 Å². The van der Waals surface area contributed by atoms with Gasteiger partial charge in [-0.15, -0.1) is 0 Å². The second-order valence-electron chi connectivity index (χ2n) is 3.06. The number of ether oxygens (including phenoxy) is 2. The molecule has 0 radical (unpaired) electrons. The van der Waals surface area contributed by atoms with Crippen LogP contribution in [0.4, 0.5) is 17.6 Å². The van der Waals surface area contributed by atoms with Crippen molar-refractivity contribution in [2.24, 2.45) is 0 Å². The van der Waals surface area contributed by atoms with Crippen LogP contribution in [0, 0.1) is 5.82 Å². The molecular formula is C10H10F4O2. The van der Waals surface area contributed by atoms with Crippen LogP contribution in [0.1, 0.15) is 11.1 Å². The molecule has 0 amide bonds. The molecule has 90 valence electrons. The summed E-state index contributed by atoms with van der Waals surface area (Å²) in [4.78, 5) is 0. The Balaban J connectivity index is 2.83. The van der Waals surface area contributed by atoms with Gasteiger partial charge in [-0.25, -0.2) is 4.39 Å². The van der Waals surface area contributed by atoms with Crippen molar-refractivity contribution in [1.29, 1.82) is 0 Å². The molecule has 0 fully saturated rings. The van der Waals surface area contributed by atoms with Crippen molar-refractivity contribution in [3.8, 4) is 0 Å². The molecule has 0 atom stereocenters. The fraction of sp³-hybridized carbons (Fsp3) is 0.400. The number of methoxy groups -OCH3 is 1. The van der Waals surface area contributed by atoms with Crippen LogP contribution in [-0.2, 0) is 22.3 Å². The fourth-order valence-corrected chi connectivity index (χ4v) is 1.10. The van der Waals surface area contributed by atoms with Crippen LogP contribution < -0.4 is 0 Å². The Labute approximate surface area is 89.8 Å². The maximum Gasteiger partial charge on any atom is 0.416 e. The minimum absolute atomic E-state index is 0.102. The van der Waals surface area contributed by atoms with E-state index in [9.17, 15) is 17.6 Å². The molecule has 0 aliphatic rings. The summed E-state index contributed by atoms with van der Waals surface area (Å²) in [6, 6.07) is 2.19. The van der Waals surface area contributed by atoms with Crippen molar-refractivity contribution in [1.82, 2.24) is 0 Å². The quantitative estimate of drug-likeness (QED) is 0.456. The van der Waals surface area contributed by atoms with Crippen molar-refractivity contribution in [3.63, 3.8) is 0 Å². The highest BCUT2D eigenvalue weighted by atomic mass is 19.4. The van der Waals surface area contributed by atoms with E-state index in [0.717, 1.165) is 12.1 Å². The third-order valence-corrected chi connectivity index (χ3v) is 1.83. The van der Waals surface area contributed by atoms with Gasteiger partial charge in [0.1, 0.15) is 12.6 Å². The van der Waals surface area contributed by atoms with Gasteiger partial charge in [-0.1, -0.05) is 0 Å². The average Bonchev–Trinajstić information content (AvgIpc) is 2.19. The Bertz CT molecular complexity index is 349. The molecule has 6 heteroatoms. The van der Waals surface area contributed by atoms with Gasteiger partial charge in [0, 0.05) is 12.7 Å². The van der Waals surface area contributed by atoms with Crippen molar-refractivity contribution in [2.45, 2.75) is 12.8 Å². The van der Waals surface area contributed by atoms with Crippen LogP contribution in [-0.4, -0.2) is 13.9 Å². The van der Waals surface area contributed by atoms with Crippen LogP contribution in [0.25, 0.3) is 0 Å². The summed E-state index contributed by atoms with van der Waals surface area (Å²) in [5.74, 6) is -0.732. The van der Waals surface area contributed by atoms with Gasteiger partial charge in [0.05, 0.1) is 12.2 Å². The third kappa shape index (κ3) is 3.46. The Morgan fingerprint density at radius 2 is 1.94 bits per heavy atom. The number of hydrogen-bond acceptors (Lipinski definition) is 2. The van der Waals surface area contributed by atoms with Gasteiger partial charge in [0.2, 0.25) is 0 Å². The van der Waals surface area contributed by atoms with Crippen LogP contribution in [0.3, 0.4) is 0 Å². The highest BCUT2D eigenvalue weighted by molar-refractivity contribution is 5.26. The zero-order valence-corrected chi connectivity index (χ0v) is 8.47. The lowest BCUT2D eigenvalue weighted by molar-refractivity contribution is -0.137. The Hall–Kier alpha value is -1.14. The predicted molar refractivity (Wildman–Crippen MR) is 48.1 cm³/mol. The van der Waals surface area contributed by atoms with Gasteiger partial charge in [-0.2, -0.15) is 13.2 Å². The molecule has 0 saturated heterocycles. The zero-order chi connectivity index (χ0) is 12.2. The van der Waals surface area contributed by atoms with E-state index in [1.54, 1.807) is 0 Å². The second-order valence-corrected chi connectivity index (χ2v) is 3.06. The molecule has 0 heterocycles. The highest BCUT2D eigenvalue weighted by Crippen LogP contribution is 2.30. The summed E-state index contributed by atoms with van der Waals surface area (Å²) in [6.45, 7) is -0.362. The van der Waals surface area contributed by atoms with Crippen molar-refractivity contribution in [3.05, 3.63) is 35.1 Å². The summed E-state index contributed by atoms with van der Waals surface area (Å²) in [6.07, 6.45) is -4.48. The molecule has 0 unspecified atom stereocenters. The van der Waals surface area contributed by atoms with Gasteiger partial charge >= 0.3 is 6.18 Å². The Kier molecular flexibility index (Phi) is 4.26. The molecular weight excluding hydrogens is 228 g/mol. The molecule has 0 aliphatic carbocycles. The first-order valence-electron chi connectivity index (χ1n) is 4.37. The Morgan fingerprint density at radius 1 is 1.25 bits per heavy atom. The normalized spacial score (nSPS) is 11.8. The summed E-state index contributed by atoms with van der Waals surface area (Å²) in [5.41, 5.74) is -1.04. The van der Waals surface area contributed by atoms with Crippen molar-refractivity contribution in [2.75, 3.05) is 13.9 Å². The monoisotopic (exact) mass is 238 g/mol. The minimum Gasteiger partial charge on any atom is -0.359 e. The molecule has 0 spiro atoms. The first-order valence-corrected chi connectivity index (χ1v) is 4.37.